The van der Waals surface area contributed by atoms with E-state index in [2.05, 4.69) is 53.4 Å². The van der Waals surface area contributed by atoms with Gasteiger partial charge < -0.3 is 5.11 Å². The molecule has 1 aliphatic carbocycles. The standard InChI is InChI=1S/C22H21NO/c1-23(2)22(21(24)16-10-4-3-5-11-16)19-14-8-6-12-17(19)18-13-7-9-15-20(18)22/h3-15,21,24H,1-2H3/t21-/m0/s1. The number of nitrogens with zero attached hydrogens (tertiary/aromatic N) is 1. The molecule has 4 rings (SSSR count). The van der Waals surface area contributed by atoms with Gasteiger partial charge in [0, 0.05) is 0 Å². The van der Waals surface area contributed by atoms with Crippen molar-refractivity contribution in [3.63, 3.8) is 0 Å². The Morgan fingerprint density at radius 3 is 1.67 bits per heavy atom. The maximum atomic E-state index is 11.5. The second-order valence-electron chi connectivity index (χ2n) is 6.57. The average molecular weight is 315 g/mol. The highest BCUT2D eigenvalue weighted by molar-refractivity contribution is 5.81. The fraction of sp³-hybridized carbons (Fsp3) is 0.182. The molecule has 1 N–H and O–H groups in total. The van der Waals surface area contributed by atoms with Gasteiger partial charge in [-0.1, -0.05) is 78.9 Å². The third-order valence-electron chi connectivity index (χ3n) is 5.18. The van der Waals surface area contributed by atoms with Gasteiger partial charge in [-0.3, -0.25) is 4.90 Å². The minimum Gasteiger partial charge on any atom is -0.386 e. The molecule has 0 bridgehead atoms. The van der Waals surface area contributed by atoms with Crippen LogP contribution in [0.4, 0.5) is 0 Å². The van der Waals surface area contributed by atoms with E-state index < -0.39 is 11.6 Å². The van der Waals surface area contributed by atoms with Crippen LogP contribution in [-0.2, 0) is 5.54 Å². The molecule has 0 aliphatic heterocycles. The van der Waals surface area contributed by atoms with E-state index in [1.54, 1.807) is 0 Å². The largest absolute Gasteiger partial charge is 0.386 e. The van der Waals surface area contributed by atoms with E-state index in [1.807, 2.05) is 44.4 Å². The number of aliphatic hydroxyl groups excluding tert-OH is 1. The van der Waals surface area contributed by atoms with E-state index in [-0.39, 0.29) is 0 Å². The third kappa shape index (κ3) is 1.90. The Bertz CT molecular complexity index is 824. The van der Waals surface area contributed by atoms with Gasteiger partial charge in [0.2, 0.25) is 0 Å². The van der Waals surface area contributed by atoms with E-state index >= 15 is 0 Å². The molecular formula is C22H21NO. The molecule has 0 aromatic heterocycles. The maximum absolute atomic E-state index is 11.5. The van der Waals surface area contributed by atoms with Crippen molar-refractivity contribution < 1.29 is 5.11 Å². The zero-order valence-electron chi connectivity index (χ0n) is 14.0. The van der Waals surface area contributed by atoms with Crippen LogP contribution >= 0.6 is 0 Å². The SMILES string of the molecule is CN(C)C1([C@@H](O)c2ccccc2)c2ccccc2-c2ccccc21. The van der Waals surface area contributed by atoms with Gasteiger partial charge in [-0.05, 0) is 41.9 Å². The molecule has 2 heteroatoms. The Labute approximate surface area is 143 Å². The van der Waals surface area contributed by atoms with Gasteiger partial charge in [-0.15, -0.1) is 0 Å². The number of benzene rings is 3. The summed E-state index contributed by atoms with van der Waals surface area (Å²) < 4.78 is 0. The van der Waals surface area contributed by atoms with Crippen molar-refractivity contribution in [3.8, 4) is 11.1 Å². The molecule has 3 aromatic rings. The van der Waals surface area contributed by atoms with Crippen LogP contribution in [0, 0.1) is 0 Å². The van der Waals surface area contributed by atoms with Crippen molar-refractivity contribution in [3.05, 3.63) is 95.6 Å². The Balaban J connectivity index is 2.05. The smallest absolute Gasteiger partial charge is 0.106 e. The van der Waals surface area contributed by atoms with Gasteiger partial charge in [0.05, 0.1) is 0 Å². The molecule has 1 aliphatic rings. The molecule has 0 radical (unpaired) electrons. The minimum atomic E-state index is -0.654. The van der Waals surface area contributed by atoms with Gasteiger partial charge in [0.25, 0.3) is 0 Å². The highest BCUT2D eigenvalue weighted by atomic mass is 16.3. The summed E-state index contributed by atoms with van der Waals surface area (Å²) in [5.74, 6) is 0. The second-order valence-corrected chi connectivity index (χ2v) is 6.57. The Morgan fingerprint density at radius 2 is 1.17 bits per heavy atom. The van der Waals surface area contributed by atoms with Crippen molar-refractivity contribution in [1.29, 1.82) is 0 Å². The zero-order valence-corrected chi connectivity index (χ0v) is 14.0. The molecule has 0 heterocycles. The highest BCUT2D eigenvalue weighted by Gasteiger charge is 2.50. The fourth-order valence-electron chi connectivity index (χ4n) is 4.14. The molecule has 24 heavy (non-hydrogen) atoms. The van der Waals surface area contributed by atoms with Gasteiger partial charge in [-0.25, -0.2) is 0 Å². The highest BCUT2D eigenvalue weighted by Crippen LogP contribution is 2.55. The summed E-state index contributed by atoms with van der Waals surface area (Å²) in [5.41, 5.74) is 5.07. The molecular weight excluding hydrogens is 294 g/mol. The number of fused-ring (bicyclic) bond motifs is 3. The van der Waals surface area contributed by atoms with Crippen LogP contribution < -0.4 is 0 Å². The van der Waals surface area contributed by atoms with E-state index in [1.165, 1.54) is 11.1 Å². The van der Waals surface area contributed by atoms with Gasteiger partial charge >= 0.3 is 0 Å². The molecule has 0 fully saturated rings. The van der Waals surface area contributed by atoms with E-state index in [9.17, 15) is 5.11 Å². The lowest BCUT2D eigenvalue weighted by atomic mass is 9.78. The number of hydrogen-bond acceptors (Lipinski definition) is 2. The van der Waals surface area contributed by atoms with Gasteiger partial charge in [-0.2, -0.15) is 0 Å². The molecule has 120 valence electrons. The average Bonchev–Trinajstić information content (AvgIpc) is 2.93. The summed E-state index contributed by atoms with van der Waals surface area (Å²) in [7, 11) is 4.09. The quantitative estimate of drug-likeness (QED) is 0.783. The Hall–Kier alpha value is -2.42. The molecule has 1 atom stereocenters. The van der Waals surface area contributed by atoms with E-state index in [0.29, 0.717) is 0 Å². The Kier molecular flexibility index (Phi) is 3.52. The lowest BCUT2D eigenvalue weighted by molar-refractivity contribution is 0.0188. The maximum Gasteiger partial charge on any atom is 0.106 e. The first-order valence-corrected chi connectivity index (χ1v) is 8.27. The fourth-order valence-corrected chi connectivity index (χ4v) is 4.14. The summed E-state index contributed by atoms with van der Waals surface area (Å²) in [6.07, 6.45) is -0.654. The van der Waals surface area contributed by atoms with Gasteiger partial charge in [0.15, 0.2) is 0 Å². The van der Waals surface area contributed by atoms with Crippen molar-refractivity contribution in [2.24, 2.45) is 0 Å². The van der Waals surface area contributed by atoms with Crippen LogP contribution in [0.25, 0.3) is 11.1 Å². The second kappa shape index (κ2) is 5.59. The third-order valence-corrected chi connectivity index (χ3v) is 5.18. The van der Waals surface area contributed by atoms with E-state index in [4.69, 9.17) is 0 Å². The summed E-state index contributed by atoms with van der Waals surface area (Å²) in [6, 6.07) is 26.8. The van der Waals surface area contributed by atoms with Crippen LogP contribution in [-0.4, -0.2) is 24.1 Å². The first kappa shape index (κ1) is 15.1. The number of likely N-dealkylation sites (N-methyl/N-ethyl adjacent to an activating group) is 1. The van der Waals surface area contributed by atoms with Crippen LogP contribution in [0.5, 0.6) is 0 Å². The number of hydrogen-bond donors (Lipinski definition) is 1. The van der Waals surface area contributed by atoms with Crippen molar-refractivity contribution in [1.82, 2.24) is 4.90 Å². The number of rotatable bonds is 3. The summed E-state index contributed by atoms with van der Waals surface area (Å²) in [6.45, 7) is 0. The van der Waals surface area contributed by atoms with Crippen LogP contribution in [0.2, 0.25) is 0 Å². The molecule has 0 unspecified atom stereocenters. The minimum absolute atomic E-state index is 0.589. The lowest BCUT2D eigenvalue weighted by Gasteiger charge is -2.42. The molecule has 0 spiro atoms. The van der Waals surface area contributed by atoms with Crippen LogP contribution in [0.3, 0.4) is 0 Å². The number of aliphatic hydroxyl groups is 1. The zero-order chi connectivity index (χ0) is 16.7. The summed E-state index contributed by atoms with van der Waals surface area (Å²) in [4.78, 5) is 2.15. The summed E-state index contributed by atoms with van der Waals surface area (Å²) in [5, 5.41) is 11.5. The van der Waals surface area contributed by atoms with Gasteiger partial charge in [0.1, 0.15) is 11.6 Å². The predicted octanol–water partition coefficient (Wildman–Crippen LogP) is 4.21. The predicted molar refractivity (Wildman–Crippen MR) is 97.7 cm³/mol. The normalized spacial score (nSPS) is 15.8. The van der Waals surface area contributed by atoms with Crippen LogP contribution in [0.1, 0.15) is 22.8 Å². The first-order chi connectivity index (χ1) is 11.7. The van der Waals surface area contributed by atoms with Crippen LogP contribution in [0.15, 0.2) is 78.9 Å². The molecule has 0 saturated heterocycles. The monoisotopic (exact) mass is 315 g/mol. The van der Waals surface area contributed by atoms with Crippen molar-refractivity contribution >= 4 is 0 Å². The topological polar surface area (TPSA) is 23.5 Å². The van der Waals surface area contributed by atoms with E-state index in [0.717, 1.165) is 16.7 Å². The molecule has 2 nitrogen and oxygen atoms in total. The Morgan fingerprint density at radius 1 is 0.708 bits per heavy atom. The molecule has 3 aromatic carbocycles. The molecule has 0 saturated carbocycles. The summed E-state index contributed by atoms with van der Waals surface area (Å²) >= 11 is 0. The first-order valence-electron chi connectivity index (χ1n) is 8.27. The van der Waals surface area contributed by atoms with Crippen molar-refractivity contribution in [2.45, 2.75) is 11.6 Å². The molecule has 0 amide bonds. The van der Waals surface area contributed by atoms with Crippen molar-refractivity contribution in [2.75, 3.05) is 14.1 Å². The lowest BCUT2D eigenvalue weighted by Crippen LogP contribution is -2.46.